The molecule has 0 radical (unpaired) electrons. The summed E-state index contributed by atoms with van der Waals surface area (Å²) in [4.78, 5) is 13.1. The molecule has 1 heterocycles. The van der Waals surface area contributed by atoms with E-state index in [1.54, 1.807) is 18.2 Å². The molecule has 0 spiro atoms. The summed E-state index contributed by atoms with van der Waals surface area (Å²) in [5.74, 6) is 0.421. The van der Waals surface area contributed by atoms with Crippen molar-refractivity contribution in [1.29, 1.82) is 0 Å². The summed E-state index contributed by atoms with van der Waals surface area (Å²) in [6.07, 6.45) is 2.28. The van der Waals surface area contributed by atoms with E-state index >= 15 is 0 Å². The minimum absolute atomic E-state index is 0.0119. The van der Waals surface area contributed by atoms with Crippen molar-refractivity contribution in [2.45, 2.75) is 32.7 Å². The molecule has 0 aliphatic carbocycles. The van der Waals surface area contributed by atoms with Crippen molar-refractivity contribution in [1.82, 2.24) is 5.32 Å². The standard InChI is InChI=1S/C15H22ClN3O2/c1-11(2)9-18(10-12-5-4-8-17-12)14-7-3-6-13(16)15(14)19(20)21/h3,6-7,11-12,17H,4-5,8-10H2,1-2H3. The van der Waals surface area contributed by atoms with Gasteiger partial charge in [-0.3, -0.25) is 10.1 Å². The van der Waals surface area contributed by atoms with Crippen LogP contribution in [0, 0.1) is 16.0 Å². The largest absolute Gasteiger partial charge is 0.364 e. The maximum absolute atomic E-state index is 11.3. The molecule has 2 rings (SSSR count). The van der Waals surface area contributed by atoms with E-state index < -0.39 is 0 Å². The maximum atomic E-state index is 11.3. The predicted molar refractivity (Wildman–Crippen MR) is 86.2 cm³/mol. The van der Waals surface area contributed by atoms with Gasteiger partial charge in [0.25, 0.3) is 0 Å². The summed E-state index contributed by atoms with van der Waals surface area (Å²) in [7, 11) is 0. The molecule has 1 aromatic carbocycles. The number of halogens is 1. The molecule has 116 valence electrons. The predicted octanol–water partition coefficient (Wildman–Crippen LogP) is 3.46. The van der Waals surface area contributed by atoms with E-state index in [1.165, 1.54) is 0 Å². The van der Waals surface area contributed by atoms with E-state index in [0.717, 1.165) is 32.5 Å². The first kappa shape index (κ1) is 16.0. The molecule has 1 N–H and O–H groups in total. The Balaban J connectivity index is 2.31. The maximum Gasteiger partial charge on any atom is 0.310 e. The Bertz CT molecular complexity index is 502. The summed E-state index contributed by atoms with van der Waals surface area (Å²) in [5, 5.41) is 15.0. The first-order chi connectivity index (χ1) is 9.99. The van der Waals surface area contributed by atoms with Crippen molar-refractivity contribution < 1.29 is 4.92 Å². The zero-order valence-electron chi connectivity index (χ0n) is 12.5. The van der Waals surface area contributed by atoms with Crippen molar-refractivity contribution >= 4 is 23.0 Å². The molecule has 1 atom stereocenters. The lowest BCUT2D eigenvalue weighted by molar-refractivity contribution is -0.384. The number of nitro groups is 1. The minimum atomic E-state index is -0.382. The van der Waals surface area contributed by atoms with E-state index in [1.807, 2.05) is 0 Å². The van der Waals surface area contributed by atoms with E-state index in [-0.39, 0.29) is 15.6 Å². The van der Waals surface area contributed by atoms with Gasteiger partial charge in [-0.15, -0.1) is 0 Å². The Morgan fingerprint density at radius 3 is 2.86 bits per heavy atom. The van der Waals surface area contributed by atoms with Gasteiger partial charge in [0.15, 0.2) is 0 Å². The zero-order valence-corrected chi connectivity index (χ0v) is 13.3. The molecule has 1 aliphatic heterocycles. The van der Waals surface area contributed by atoms with Crippen molar-refractivity contribution in [3.8, 4) is 0 Å². The van der Waals surface area contributed by atoms with Gasteiger partial charge < -0.3 is 10.2 Å². The Labute approximate surface area is 130 Å². The molecule has 0 amide bonds. The molecule has 1 unspecified atom stereocenters. The van der Waals surface area contributed by atoms with Gasteiger partial charge in [0.05, 0.1) is 4.92 Å². The number of hydrogen-bond donors (Lipinski definition) is 1. The normalized spacial score (nSPS) is 18.2. The smallest absolute Gasteiger partial charge is 0.310 e. The molecule has 5 nitrogen and oxygen atoms in total. The van der Waals surface area contributed by atoms with Crippen LogP contribution in [0.3, 0.4) is 0 Å². The molecule has 1 fully saturated rings. The van der Waals surface area contributed by atoms with Crippen LogP contribution in [0.25, 0.3) is 0 Å². The fourth-order valence-corrected chi connectivity index (χ4v) is 3.07. The summed E-state index contributed by atoms with van der Waals surface area (Å²) < 4.78 is 0. The van der Waals surface area contributed by atoms with Crippen LogP contribution in [0.5, 0.6) is 0 Å². The fourth-order valence-electron chi connectivity index (χ4n) is 2.83. The molecule has 21 heavy (non-hydrogen) atoms. The summed E-state index contributed by atoms with van der Waals surface area (Å²) >= 11 is 6.04. The van der Waals surface area contributed by atoms with Crippen LogP contribution in [-0.4, -0.2) is 30.6 Å². The first-order valence-electron chi connectivity index (χ1n) is 7.40. The van der Waals surface area contributed by atoms with Gasteiger partial charge in [-0.25, -0.2) is 0 Å². The summed E-state index contributed by atoms with van der Waals surface area (Å²) in [6, 6.07) is 5.54. The highest BCUT2D eigenvalue weighted by Gasteiger charge is 2.26. The average molecular weight is 312 g/mol. The Morgan fingerprint density at radius 1 is 1.52 bits per heavy atom. The third kappa shape index (κ3) is 4.08. The SMILES string of the molecule is CC(C)CN(CC1CCCN1)c1cccc(Cl)c1[N+](=O)[O-]. The fraction of sp³-hybridized carbons (Fsp3) is 0.600. The lowest BCUT2D eigenvalue weighted by Gasteiger charge is -2.29. The molecule has 0 saturated carbocycles. The van der Waals surface area contributed by atoms with Crippen LogP contribution in [0.15, 0.2) is 18.2 Å². The van der Waals surface area contributed by atoms with Crippen LogP contribution in [-0.2, 0) is 0 Å². The van der Waals surface area contributed by atoms with E-state index in [2.05, 4.69) is 24.1 Å². The molecular weight excluding hydrogens is 290 g/mol. The monoisotopic (exact) mass is 311 g/mol. The van der Waals surface area contributed by atoms with Gasteiger partial charge in [-0.2, -0.15) is 0 Å². The molecule has 1 saturated heterocycles. The highest BCUT2D eigenvalue weighted by Crippen LogP contribution is 2.35. The number of nitrogens with one attached hydrogen (secondary N) is 1. The first-order valence-corrected chi connectivity index (χ1v) is 7.78. The van der Waals surface area contributed by atoms with Gasteiger partial charge in [-0.05, 0) is 37.4 Å². The molecule has 0 aromatic heterocycles. The van der Waals surface area contributed by atoms with Gasteiger partial charge in [0.1, 0.15) is 10.7 Å². The lowest BCUT2D eigenvalue weighted by Crippen LogP contribution is -2.39. The van der Waals surface area contributed by atoms with Crippen LogP contribution >= 0.6 is 11.6 Å². The Morgan fingerprint density at radius 2 is 2.29 bits per heavy atom. The quantitative estimate of drug-likeness (QED) is 0.645. The number of rotatable bonds is 6. The van der Waals surface area contributed by atoms with Crippen LogP contribution < -0.4 is 10.2 Å². The third-order valence-electron chi connectivity index (χ3n) is 3.68. The van der Waals surface area contributed by atoms with Crippen molar-refractivity contribution in [3.05, 3.63) is 33.3 Å². The second-order valence-corrected chi connectivity index (χ2v) is 6.36. The Kier molecular flexibility index (Phi) is 5.42. The highest BCUT2D eigenvalue weighted by molar-refractivity contribution is 6.33. The molecular formula is C15H22ClN3O2. The second-order valence-electron chi connectivity index (χ2n) is 5.96. The molecule has 0 bridgehead atoms. The van der Waals surface area contributed by atoms with Crippen LogP contribution in [0.4, 0.5) is 11.4 Å². The minimum Gasteiger partial charge on any atom is -0.364 e. The average Bonchev–Trinajstić information content (AvgIpc) is 2.89. The number of nitro benzene ring substituents is 1. The van der Waals surface area contributed by atoms with E-state index in [9.17, 15) is 10.1 Å². The summed E-state index contributed by atoms with van der Waals surface area (Å²) in [6.45, 7) is 6.81. The zero-order chi connectivity index (χ0) is 15.4. The van der Waals surface area contributed by atoms with E-state index in [4.69, 9.17) is 11.6 Å². The number of anilines is 1. The van der Waals surface area contributed by atoms with Gasteiger partial charge in [0.2, 0.25) is 0 Å². The van der Waals surface area contributed by atoms with Crippen molar-refractivity contribution in [2.24, 2.45) is 5.92 Å². The number of benzene rings is 1. The van der Waals surface area contributed by atoms with Gasteiger partial charge >= 0.3 is 5.69 Å². The van der Waals surface area contributed by atoms with Crippen LogP contribution in [0.2, 0.25) is 5.02 Å². The van der Waals surface area contributed by atoms with E-state index in [0.29, 0.717) is 17.6 Å². The lowest BCUT2D eigenvalue weighted by atomic mass is 10.1. The van der Waals surface area contributed by atoms with Crippen molar-refractivity contribution in [3.63, 3.8) is 0 Å². The van der Waals surface area contributed by atoms with Gasteiger partial charge in [0, 0.05) is 19.1 Å². The number of hydrogen-bond acceptors (Lipinski definition) is 4. The molecule has 6 heteroatoms. The third-order valence-corrected chi connectivity index (χ3v) is 3.98. The van der Waals surface area contributed by atoms with Crippen molar-refractivity contribution in [2.75, 3.05) is 24.5 Å². The molecule has 1 aromatic rings. The highest BCUT2D eigenvalue weighted by atomic mass is 35.5. The Hall–Kier alpha value is -1.33. The number of para-hydroxylation sites is 1. The van der Waals surface area contributed by atoms with Crippen LogP contribution in [0.1, 0.15) is 26.7 Å². The topological polar surface area (TPSA) is 58.4 Å². The second kappa shape index (κ2) is 7.09. The van der Waals surface area contributed by atoms with Gasteiger partial charge in [-0.1, -0.05) is 31.5 Å². The summed E-state index contributed by atoms with van der Waals surface area (Å²) in [5.41, 5.74) is 0.632. The number of nitrogens with zero attached hydrogens (tertiary/aromatic N) is 2. The molecule has 1 aliphatic rings.